The summed E-state index contributed by atoms with van der Waals surface area (Å²) in [6.45, 7) is 9.02. The Bertz CT molecular complexity index is 140. The second-order valence-electron chi connectivity index (χ2n) is 5.21. The van der Waals surface area contributed by atoms with E-state index in [0.717, 1.165) is 13.2 Å². The number of unbranched alkanes of at least 4 members (excludes halogenated alkanes) is 4. The molecule has 0 aliphatic heterocycles. The lowest BCUT2D eigenvalue weighted by atomic mass is 10.2. The smallest absolute Gasteiger partial charge is 0.0588 e. The molecule has 0 spiro atoms. The highest BCUT2D eigenvalue weighted by Crippen LogP contribution is 2.44. The average molecular weight is 229 g/mol. The maximum absolute atomic E-state index is 5.28. The highest BCUT2D eigenvalue weighted by atomic mass is 16.5. The summed E-state index contributed by atoms with van der Waals surface area (Å²) in [5.74, 6) is 0. The second kappa shape index (κ2) is 10.1. The molecule has 2 nitrogen and oxygen atoms in total. The number of nitrogens with two attached hydrogens (primary N) is 1. The summed E-state index contributed by atoms with van der Waals surface area (Å²) in [6.07, 6.45) is 9.67. The number of ether oxygens (including phenoxy) is 1. The van der Waals surface area contributed by atoms with Crippen molar-refractivity contribution in [3.05, 3.63) is 0 Å². The van der Waals surface area contributed by atoms with E-state index in [2.05, 4.69) is 20.8 Å². The molecule has 0 heterocycles. The highest BCUT2D eigenvalue weighted by molar-refractivity contribution is 4.87. The lowest BCUT2D eigenvalue weighted by molar-refractivity contribution is 0.103. The van der Waals surface area contributed by atoms with E-state index >= 15 is 0 Å². The van der Waals surface area contributed by atoms with Crippen LogP contribution >= 0.6 is 0 Å². The maximum atomic E-state index is 5.28. The van der Waals surface area contributed by atoms with Crippen LogP contribution in [0.25, 0.3) is 0 Å². The molecule has 0 bridgehead atoms. The van der Waals surface area contributed by atoms with Gasteiger partial charge in [0.15, 0.2) is 0 Å². The fraction of sp³-hybridized carbons (Fsp3) is 1.00. The fourth-order valence-electron chi connectivity index (χ4n) is 1.44. The van der Waals surface area contributed by atoms with Gasteiger partial charge in [-0.05, 0) is 18.3 Å². The van der Waals surface area contributed by atoms with E-state index in [1.807, 2.05) is 0 Å². The van der Waals surface area contributed by atoms with Crippen molar-refractivity contribution in [3.63, 3.8) is 0 Å². The lowest BCUT2D eigenvalue weighted by Gasteiger charge is -2.06. The molecule has 0 amide bonds. The molecule has 0 atom stereocenters. The van der Waals surface area contributed by atoms with Gasteiger partial charge in [-0.3, -0.25) is 0 Å². The SMILES string of the molecule is CC1(COCCN)CC1.CCCCCCC. The molecule has 16 heavy (non-hydrogen) atoms. The summed E-state index contributed by atoms with van der Waals surface area (Å²) in [4.78, 5) is 0. The molecule has 0 saturated heterocycles. The van der Waals surface area contributed by atoms with Gasteiger partial charge in [0, 0.05) is 6.54 Å². The van der Waals surface area contributed by atoms with Crippen molar-refractivity contribution in [2.24, 2.45) is 11.1 Å². The minimum Gasteiger partial charge on any atom is -0.380 e. The number of hydrogen-bond donors (Lipinski definition) is 1. The quantitative estimate of drug-likeness (QED) is 0.644. The first-order chi connectivity index (χ1) is 7.68. The summed E-state index contributed by atoms with van der Waals surface area (Å²) >= 11 is 0. The summed E-state index contributed by atoms with van der Waals surface area (Å²) in [5, 5.41) is 0. The highest BCUT2D eigenvalue weighted by Gasteiger charge is 2.37. The standard InChI is InChI=1S/C7H15NO.C7H16/c1-7(2-3-7)6-9-5-4-8;1-3-5-7-6-4-2/h2-6,8H2,1H3;3-7H2,1-2H3. The maximum Gasteiger partial charge on any atom is 0.0588 e. The summed E-state index contributed by atoms with van der Waals surface area (Å²) in [7, 11) is 0. The zero-order valence-electron chi connectivity index (χ0n) is 11.6. The van der Waals surface area contributed by atoms with E-state index in [1.165, 1.54) is 44.9 Å². The predicted octanol–water partition coefficient (Wildman–Crippen LogP) is 3.74. The Kier molecular flexibility index (Phi) is 10.0. The van der Waals surface area contributed by atoms with E-state index in [1.54, 1.807) is 0 Å². The average Bonchev–Trinajstić information content (AvgIpc) is 2.99. The molecule has 1 aliphatic carbocycles. The predicted molar refractivity (Wildman–Crippen MR) is 71.6 cm³/mol. The van der Waals surface area contributed by atoms with E-state index in [4.69, 9.17) is 10.5 Å². The third-order valence-electron chi connectivity index (χ3n) is 3.02. The van der Waals surface area contributed by atoms with Crippen LogP contribution in [0.4, 0.5) is 0 Å². The van der Waals surface area contributed by atoms with Crippen molar-refractivity contribution in [1.29, 1.82) is 0 Å². The van der Waals surface area contributed by atoms with E-state index < -0.39 is 0 Å². The molecule has 1 rings (SSSR count). The van der Waals surface area contributed by atoms with Crippen molar-refractivity contribution in [3.8, 4) is 0 Å². The van der Waals surface area contributed by atoms with Crippen LogP contribution in [0.2, 0.25) is 0 Å². The largest absolute Gasteiger partial charge is 0.380 e. The van der Waals surface area contributed by atoms with Crippen molar-refractivity contribution in [2.75, 3.05) is 19.8 Å². The second-order valence-corrected chi connectivity index (χ2v) is 5.21. The van der Waals surface area contributed by atoms with Gasteiger partial charge in [0.1, 0.15) is 0 Å². The molecule has 0 aromatic rings. The molecular formula is C14H31NO. The molecule has 1 fully saturated rings. The van der Waals surface area contributed by atoms with Crippen molar-refractivity contribution < 1.29 is 4.74 Å². The van der Waals surface area contributed by atoms with E-state index in [9.17, 15) is 0 Å². The zero-order valence-corrected chi connectivity index (χ0v) is 11.6. The zero-order chi connectivity index (χ0) is 12.3. The Morgan fingerprint density at radius 3 is 2.00 bits per heavy atom. The van der Waals surface area contributed by atoms with Crippen molar-refractivity contribution in [2.45, 2.75) is 65.7 Å². The van der Waals surface area contributed by atoms with Crippen LogP contribution in [-0.4, -0.2) is 19.8 Å². The van der Waals surface area contributed by atoms with Crippen LogP contribution in [0.5, 0.6) is 0 Å². The molecule has 2 N–H and O–H groups in total. The van der Waals surface area contributed by atoms with Crippen LogP contribution in [0.3, 0.4) is 0 Å². The molecular weight excluding hydrogens is 198 g/mol. The number of hydrogen-bond acceptors (Lipinski definition) is 2. The topological polar surface area (TPSA) is 35.2 Å². The van der Waals surface area contributed by atoms with Crippen molar-refractivity contribution in [1.82, 2.24) is 0 Å². The minimum absolute atomic E-state index is 0.523. The molecule has 1 saturated carbocycles. The van der Waals surface area contributed by atoms with Crippen molar-refractivity contribution >= 4 is 0 Å². The van der Waals surface area contributed by atoms with Gasteiger partial charge < -0.3 is 10.5 Å². The molecule has 98 valence electrons. The van der Waals surface area contributed by atoms with Gasteiger partial charge in [0.25, 0.3) is 0 Å². The third-order valence-corrected chi connectivity index (χ3v) is 3.02. The van der Waals surface area contributed by atoms with Gasteiger partial charge in [-0.15, -0.1) is 0 Å². The van der Waals surface area contributed by atoms with Crippen LogP contribution < -0.4 is 5.73 Å². The Hall–Kier alpha value is -0.0800. The molecule has 0 unspecified atom stereocenters. The molecule has 1 aliphatic rings. The molecule has 0 aromatic heterocycles. The van der Waals surface area contributed by atoms with Gasteiger partial charge in [0.05, 0.1) is 13.2 Å². The third kappa shape index (κ3) is 10.4. The monoisotopic (exact) mass is 229 g/mol. The molecule has 0 radical (unpaired) electrons. The minimum atomic E-state index is 0.523. The van der Waals surface area contributed by atoms with Gasteiger partial charge in [-0.2, -0.15) is 0 Å². The van der Waals surface area contributed by atoms with Crippen LogP contribution in [0, 0.1) is 5.41 Å². The first-order valence-corrected chi connectivity index (χ1v) is 6.96. The van der Waals surface area contributed by atoms with Gasteiger partial charge in [-0.25, -0.2) is 0 Å². The summed E-state index contributed by atoms with van der Waals surface area (Å²) in [5.41, 5.74) is 5.78. The Morgan fingerprint density at radius 1 is 1.06 bits per heavy atom. The number of rotatable bonds is 8. The normalized spacial score (nSPS) is 16.5. The first-order valence-electron chi connectivity index (χ1n) is 6.96. The fourth-order valence-corrected chi connectivity index (χ4v) is 1.44. The molecule has 2 heteroatoms. The van der Waals surface area contributed by atoms with Crippen LogP contribution in [0.15, 0.2) is 0 Å². The van der Waals surface area contributed by atoms with Gasteiger partial charge in [-0.1, -0.05) is 52.9 Å². The Morgan fingerprint density at radius 2 is 1.62 bits per heavy atom. The van der Waals surface area contributed by atoms with Crippen LogP contribution in [0.1, 0.15) is 65.7 Å². The van der Waals surface area contributed by atoms with E-state index in [-0.39, 0.29) is 0 Å². The van der Waals surface area contributed by atoms with Gasteiger partial charge in [0.2, 0.25) is 0 Å². The Balaban J connectivity index is 0.000000293. The summed E-state index contributed by atoms with van der Waals surface area (Å²) < 4.78 is 5.28. The summed E-state index contributed by atoms with van der Waals surface area (Å²) in [6, 6.07) is 0. The van der Waals surface area contributed by atoms with Gasteiger partial charge >= 0.3 is 0 Å². The Labute approximate surface area is 102 Å². The lowest BCUT2D eigenvalue weighted by Crippen LogP contribution is -2.13. The first kappa shape index (κ1) is 15.9. The molecule has 0 aromatic carbocycles. The van der Waals surface area contributed by atoms with E-state index in [0.29, 0.717) is 12.0 Å². The van der Waals surface area contributed by atoms with Crippen LogP contribution in [-0.2, 0) is 4.74 Å².